The van der Waals surface area contributed by atoms with Crippen molar-refractivity contribution in [2.75, 3.05) is 7.11 Å². The first kappa shape index (κ1) is 18.0. The third-order valence-electron chi connectivity index (χ3n) is 5.34. The summed E-state index contributed by atoms with van der Waals surface area (Å²) in [6, 6.07) is 11.6. The van der Waals surface area contributed by atoms with E-state index in [2.05, 4.69) is 20.4 Å². The molecule has 3 aromatic rings. The molecule has 1 saturated carbocycles. The molecule has 0 amide bonds. The van der Waals surface area contributed by atoms with E-state index in [1.165, 1.54) is 0 Å². The number of nitrogens with one attached hydrogen (secondary N) is 1. The molecular formula is C21H20ClN5O2. The van der Waals surface area contributed by atoms with Gasteiger partial charge in [0.2, 0.25) is 5.88 Å². The van der Waals surface area contributed by atoms with Gasteiger partial charge in [-0.25, -0.2) is 9.97 Å². The summed E-state index contributed by atoms with van der Waals surface area (Å²) < 4.78 is 7.40. The maximum absolute atomic E-state index is 6.06. The van der Waals surface area contributed by atoms with Crippen LogP contribution in [0.25, 0.3) is 5.69 Å². The molecule has 1 aromatic carbocycles. The first-order chi connectivity index (χ1) is 14.1. The summed E-state index contributed by atoms with van der Waals surface area (Å²) in [5, 5.41) is 8.56. The molecule has 1 aliphatic heterocycles. The predicted octanol–water partition coefficient (Wildman–Crippen LogP) is 3.79. The Hall–Kier alpha value is -3.06. The van der Waals surface area contributed by atoms with Gasteiger partial charge in [-0.2, -0.15) is 0 Å². The van der Waals surface area contributed by atoms with E-state index in [1.807, 2.05) is 54.1 Å². The number of pyridine rings is 1. The molecule has 148 valence electrons. The zero-order valence-electron chi connectivity index (χ0n) is 16.1. The highest BCUT2D eigenvalue weighted by molar-refractivity contribution is 6.30. The Labute approximate surface area is 173 Å². The van der Waals surface area contributed by atoms with E-state index in [0.717, 1.165) is 29.8 Å². The van der Waals surface area contributed by atoms with Crippen LogP contribution in [-0.2, 0) is 4.84 Å². The minimum absolute atomic E-state index is 0.0176. The van der Waals surface area contributed by atoms with E-state index in [1.54, 1.807) is 13.4 Å². The summed E-state index contributed by atoms with van der Waals surface area (Å²) in [6.07, 6.45) is 5.58. The molecule has 8 heteroatoms. The number of aryl methyl sites for hydroxylation is 1. The van der Waals surface area contributed by atoms with Gasteiger partial charge in [0.15, 0.2) is 11.4 Å². The third-order valence-corrected chi connectivity index (χ3v) is 5.59. The van der Waals surface area contributed by atoms with Crippen LogP contribution in [-0.4, -0.2) is 33.1 Å². The second-order valence-corrected chi connectivity index (χ2v) is 7.81. The molecular weight excluding hydrogens is 390 g/mol. The number of hydrogen-bond donors (Lipinski definition) is 1. The molecule has 1 N–H and O–H groups in total. The number of amidine groups is 1. The van der Waals surface area contributed by atoms with Crippen molar-refractivity contribution in [1.82, 2.24) is 19.9 Å². The summed E-state index contributed by atoms with van der Waals surface area (Å²) in [7, 11) is 1.60. The van der Waals surface area contributed by atoms with Gasteiger partial charge in [0, 0.05) is 11.2 Å². The quantitative estimate of drug-likeness (QED) is 0.709. The Morgan fingerprint density at radius 2 is 2.00 bits per heavy atom. The van der Waals surface area contributed by atoms with Crippen molar-refractivity contribution >= 4 is 17.4 Å². The number of methoxy groups -OCH3 is 1. The smallest absolute Gasteiger partial charge is 0.238 e. The first-order valence-corrected chi connectivity index (χ1v) is 9.80. The zero-order chi connectivity index (χ0) is 20.0. The van der Waals surface area contributed by atoms with Crippen molar-refractivity contribution in [3.63, 3.8) is 0 Å². The fourth-order valence-corrected chi connectivity index (χ4v) is 3.74. The summed E-state index contributed by atoms with van der Waals surface area (Å²) in [4.78, 5) is 14.8. The van der Waals surface area contributed by atoms with Gasteiger partial charge >= 0.3 is 0 Å². The predicted molar refractivity (Wildman–Crippen MR) is 110 cm³/mol. The summed E-state index contributed by atoms with van der Waals surface area (Å²) in [5.41, 5.74) is 3.19. The molecule has 1 aliphatic carbocycles. The number of imidazole rings is 1. The van der Waals surface area contributed by atoms with Crippen molar-refractivity contribution in [2.45, 2.75) is 31.4 Å². The van der Waals surface area contributed by atoms with E-state index in [9.17, 15) is 0 Å². The molecule has 29 heavy (non-hydrogen) atoms. The van der Waals surface area contributed by atoms with E-state index in [-0.39, 0.29) is 11.6 Å². The fraction of sp³-hybridized carbons (Fsp3) is 0.286. The summed E-state index contributed by atoms with van der Waals surface area (Å²) >= 11 is 6.06. The number of halogens is 1. The van der Waals surface area contributed by atoms with E-state index in [4.69, 9.17) is 21.2 Å². The molecule has 5 rings (SSSR count). The summed E-state index contributed by atoms with van der Waals surface area (Å²) in [5.74, 6) is 1.06. The van der Waals surface area contributed by atoms with Gasteiger partial charge in [-0.05, 0) is 49.6 Å². The van der Waals surface area contributed by atoms with Crippen LogP contribution < -0.4 is 10.1 Å². The Morgan fingerprint density at radius 3 is 2.66 bits per heavy atom. The van der Waals surface area contributed by atoms with Crippen LogP contribution in [0.15, 0.2) is 54.1 Å². The number of benzene rings is 1. The molecule has 0 radical (unpaired) electrons. The second-order valence-electron chi connectivity index (χ2n) is 7.37. The molecule has 2 aromatic heterocycles. The SMILES string of the molecule is COc1nc(C2=NOC3(CC3)C(c3ccc(Cl)cc3)N2)ccc1-n1cnc(C)c1. The van der Waals surface area contributed by atoms with Crippen molar-refractivity contribution in [1.29, 1.82) is 0 Å². The normalized spacial score (nSPS) is 19.3. The van der Waals surface area contributed by atoms with Crippen LogP contribution in [0.4, 0.5) is 0 Å². The van der Waals surface area contributed by atoms with Gasteiger partial charge in [-0.1, -0.05) is 28.9 Å². The van der Waals surface area contributed by atoms with Crippen LogP contribution in [0, 0.1) is 6.92 Å². The van der Waals surface area contributed by atoms with Gasteiger partial charge in [-0.15, -0.1) is 0 Å². The molecule has 2 aliphatic rings. The molecule has 0 saturated heterocycles. The van der Waals surface area contributed by atoms with Gasteiger partial charge in [0.25, 0.3) is 0 Å². The highest BCUT2D eigenvalue weighted by Gasteiger charge is 2.56. The number of oxime groups is 1. The third kappa shape index (κ3) is 3.21. The lowest BCUT2D eigenvalue weighted by molar-refractivity contribution is -0.000779. The number of aromatic nitrogens is 3. The van der Waals surface area contributed by atoms with Gasteiger partial charge < -0.3 is 19.5 Å². The average Bonchev–Trinajstić information content (AvgIpc) is 3.38. The Morgan fingerprint density at radius 1 is 1.21 bits per heavy atom. The van der Waals surface area contributed by atoms with Gasteiger partial charge in [0.05, 0.1) is 25.2 Å². The lowest BCUT2D eigenvalue weighted by Gasteiger charge is -2.32. The molecule has 1 fully saturated rings. The Kier molecular flexibility index (Phi) is 4.20. The Balaban J connectivity index is 1.47. The molecule has 1 unspecified atom stereocenters. The second kappa shape index (κ2) is 6.77. The average molecular weight is 410 g/mol. The van der Waals surface area contributed by atoms with Crippen LogP contribution in [0.3, 0.4) is 0 Å². The lowest BCUT2D eigenvalue weighted by atomic mass is 9.98. The van der Waals surface area contributed by atoms with Crippen molar-refractivity contribution in [2.24, 2.45) is 5.16 Å². The topological polar surface area (TPSA) is 73.6 Å². The monoisotopic (exact) mass is 409 g/mol. The van der Waals surface area contributed by atoms with Crippen LogP contribution in [0.2, 0.25) is 5.02 Å². The number of ether oxygens (including phenoxy) is 1. The molecule has 0 bridgehead atoms. The molecule has 1 atom stereocenters. The van der Waals surface area contributed by atoms with Crippen LogP contribution in [0.5, 0.6) is 5.88 Å². The van der Waals surface area contributed by atoms with Crippen molar-refractivity contribution in [3.05, 3.63) is 70.9 Å². The molecule has 1 spiro atoms. The largest absolute Gasteiger partial charge is 0.479 e. The van der Waals surface area contributed by atoms with E-state index >= 15 is 0 Å². The van der Waals surface area contributed by atoms with Crippen molar-refractivity contribution < 1.29 is 9.57 Å². The summed E-state index contributed by atoms with van der Waals surface area (Å²) in [6.45, 7) is 1.94. The van der Waals surface area contributed by atoms with Crippen molar-refractivity contribution in [3.8, 4) is 11.6 Å². The first-order valence-electron chi connectivity index (χ1n) is 9.42. The fourth-order valence-electron chi connectivity index (χ4n) is 3.61. The minimum Gasteiger partial charge on any atom is -0.479 e. The zero-order valence-corrected chi connectivity index (χ0v) is 16.8. The number of rotatable bonds is 4. The lowest BCUT2D eigenvalue weighted by Crippen LogP contribution is -2.43. The van der Waals surface area contributed by atoms with Gasteiger partial charge in [-0.3, -0.25) is 0 Å². The maximum Gasteiger partial charge on any atom is 0.238 e. The number of nitrogens with zero attached hydrogens (tertiary/aromatic N) is 4. The standard InChI is InChI=1S/C21H20ClN5O2/c1-13-11-27(12-23-13)17-8-7-16(24-20(17)28-2)19-25-18(21(9-10-21)29-26-19)14-3-5-15(22)6-4-14/h3-8,11-12,18H,9-10H2,1-2H3,(H,25,26). The molecule has 7 nitrogen and oxygen atoms in total. The molecule has 3 heterocycles. The highest BCUT2D eigenvalue weighted by atomic mass is 35.5. The van der Waals surface area contributed by atoms with Gasteiger partial charge in [0.1, 0.15) is 11.4 Å². The van der Waals surface area contributed by atoms with Crippen LogP contribution >= 0.6 is 11.6 Å². The maximum atomic E-state index is 6.06. The van der Waals surface area contributed by atoms with Crippen LogP contribution in [0.1, 0.15) is 35.8 Å². The number of hydrogen-bond acceptors (Lipinski definition) is 6. The minimum atomic E-state index is -0.296. The Bertz CT molecular complexity index is 1090. The van der Waals surface area contributed by atoms with E-state index < -0.39 is 0 Å². The highest BCUT2D eigenvalue weighted by Crippen LogP contribution is 2.51. The van der Waals surface area contributed by atoms with E-state index in [0.29, 0.717) is 22.4 Å².